The van der Waals surface area contributed by atoms with Crippen LogP contribution in [-0.4, -0.2) is 15.5 Å². The lowest BCUT2D eigenvalue weighted by atomic mass is 10.4. The summed E-state index contributed by atoms with van der Waals surface area (Å²) in [6, 6.07) is 1.99. The number of halogens is 1. The molecule has 0 bridgehead atoms. The van der Waals surface area contributed by atoms with E-state index in [0.29, 0.717) is 10.5 Å². The van der Waals surface area contributed by atoms with Gasteiger partial charge in [-0.15, -0.1) is 34.0 Å². The molecule has 0 aliphatic heterocycles. The predicted molar refractivity (Wildman–Crippen MR) is 86.3 cm³/mol. The molecule has 4 nitrogen and oxygen atoms in total. The summed E-state index contributed by atoms with van der Waals surface area (Å²) >= 11 is 7.89. The molecule has 3 aromatic heterocycles. The molecule has 0 aliphatic carbocycles. The number of aryl methyl sites for hydroxylation is 1. The van der Waals surface area contributed by atoms with Crippen molar-refractivity contribution >= 4 is 55.8 Å². The van der Waals surface area contributed by atoms with Crippen LogP contribution in [0.4, 0.5) is 0 Å². The minimum atomic E-state index is -0.304. The molecule has 3 aromatic rings. The largest absolute Gasteiger partial charge is 0.327 e. The molecule has 0 spiro atoms. The molecule has 0 saturated carbocycles. The van der Waals surface area contributed by atoms with Gasteiger partial charge in [0, 0.05) is 33.9 Å². The molecule has 102 valence electrons. The molecule has 0 radical (unpaired) electrons. The van der Waals surface area contributed by atoms with Gasteiger partial charge in [-0.25, -0.2) is 4.98 Å². The highest BCUT2D eigenvalue weighted by Crippen LogP contribution is 2.32. The van der Waals surface area contributed by atoms with Gasteiger partial charge in [0.2, 0.25) is 0 Å². The summed E-state index contributed by atoms with van der Waals surface area (Å²) in [7, 11) is 1.86. The molecular formula is C12H8BrN3OS3. The van der Waals surface area contributed by atoms with Crippen molar-refractivity contribution in [2.75, 3.05) is 0 Å². The molecular weight excluding hydrogens is 378 g/mol. The Morgan fingerprint density at radius 1 is 1.35 bits per heavy atom. The van der Waals surface area contributed by atoms with E-state index >= 15 is 0 Å². The summed E-state index contributed by atoms with van der Waals surface area (Å²) in [5, 5.41) is 6.48. The second kappa shape index (κ2) is 5.72. The fourth-order valence-corrected chi connectivity index (χ4v) is 4.52. The van der Waals surface area contributed by atoms with Crippen LogP contribution < -0.4 is 4.80 Å². The van der Waals surface area contributed by atoms with E-state index in [2.05, 4.69) is 25.9 Å². The van der Waals surface area contributed by atoms with Gasteiger partial charge < -0.3 is 4.57 Å². The van der Waals surface area contributed by atoms with Gasteiger partial charge in [-0.3, -0.25) is 4.79 Å². The van der Waals surface area contributed by atoms with Gasteiger partial charge in [-0.05, 0) is 22.0 Å². The first-order valence-electron chi connectivity index (χ1n) is 5.52. The van der Waals surface area contributed by atoms with E-state index in [9.17, 15) is 4.79 Å². The summed E-state index contributed by atoms with van der Waals surface area (Å²) in [6.45, 7) is 0. The molecule has 0 unspecified atom stereocenters. The highest BCUT2D eigenvalue weighted by Gasteiger charge is 2.12. The first-order valence-corrected chi connectivity index (χ1v) is 8.96. The zero-order valence-corrected chi connectivity index (χ0v) is 14.3. The van der Waals surface area contributed by atoms with E-state index < -0.39 is 0 Å². The number of nitrogens with zero attached hydrogens (tertiary/aromatic N) is 3. The Morgan fingerprint density at radius 3 is 2.85 bits per heavy atom. The number of carbonyl (C=O) groups is 1. The van der Waals surface area contributed by atoms with Crippen LogP contribution in [0.1, 0.15) is 10.5 Å². The van der Waals surface area contributed by atoms with E-state index in [4.69, 9.17) is 0 Å². The van der Waals surface area contributed by atoms with Gasteiger partial charge in [0.15, 0.2) is 4.80 Å². The van der Waals surface area contributed by atoms with Gasteiger partial charge in [0.1, 0.15) is 10.7 Å². The third-order valence-corrected chi connectivity index (χ3v) is 6.01. The average Bonchev–Trinajstić information content (AvgIpc) is 3.11. The smallest absolute Gasteiger partial charge is 0.299 e. The van der Waals surface area contributed by atoms with E-state index in [1.165, 1.54) is 22.7 Å². The third-order valence-electron chi connectivity index (χ3n) is 2.46. The van der Waals surface area contributed by atoms with Crippen molar-refractivity contribution in [1.29, 1.82) is 0 Å². The lowest BCUT2D eigenvalue weighted by Crippen LogP contribution is -2.12. The van der Waals surface area contributed by atoms with Crippen LogP contribution in [0.15, 0.2) is 37.9 Å². The molecule has 3 rings (SSSR count). The molecule has 0 atom stereocenters. The number of thiophene rings is 1. The Kier molecular flexibility index (Phi) is 3.97. The minimum absolute atomic E-state index is 0.304. The normalized spacial score (nSPS) is 12.0. The fraction of sp³-hybridized carbons (Fsp3) is 0.0833. The predicted octanol–water partition coefficient (Wildman–Crippen LogP) is 3.78. The van der Waals surface area contributed by atoms with Crippen LogP contribution in [-0.2, 0) is 7.05 Å². The minimum Gasteiger partial charge on any atom is -0.327 e. The second-order valence-electron chi connectivity index (χ2n) is 3.88. The summed E-state index contributed by atoms with van der Waals surface area (Å²) in [6.07, 6.45) is 1.87. The molecule has 0 aromatic carbocycles. The average molecular weight is 386 g/mol. The first kappa shape index (κ1) is 13.9. The SMILES string of the molecule is Cn1ccsc1=NC(=O)c1csc(-c2cc(Br)cs2)n1. The summed E-state index contributed by atoms with van der Waals surface area (Å²) in [5.74, 6) is -0.304. The number of hydrogen-bond donors (Lipinski definition) is 0. The van der Waals surface area contributed by atoms with Crippen molar-refractivity contribution in [3.63, 3.8) is 0 Å². The molecule has 0 N–H and O–H groups in total. The monoisotopic (exact) mass is 385 g/mol. The Morgan fingerprint density at radius 2 is 2.20 bits per heavy atom. The Bertz CT molecular complexity index is 827. The molecule has 3 heterocycles. The zero-order chi connectivity index (χ0) is 14.1. The highest BCUT2D eigenvalue weighted by molar-refractivity contribution is 9.10. The standard InChI is InChI=1S/C12H8BrN3OS3/c1-16-2-3-18-12(16)15-10(17)8-6-20-11(14-8)9-4-7(13)5-19-9/h2-6H,1H3. The zero-order valence-electron chi connectivity index (χ0n) is 10.2. The Hall–Kier alpha value is -1.09. The molecule has 20 heavy (non-hydrogen) atoms. The van der Waals surface area contributed by atoms with Crippen molar-refractivity contribution < 1.29 is 4.79 Å². The van der Waals surface area contributed by atoms with E-state index in [-0.39, 0.29) is 5.91 Å². The maximum atomic E-state index is 12.1. The number of carbonyl (C=O) groups excluding carboxylic acids is 1. The summed E-state index contributed by atoms with van der Waals surface area (Å²) in [4.78, 5) is 22.2. The summed E-state index contributed by atoms with van der Waals surface area (Å²) in [5.41, 5.74) is 0.392. The van der Waals surface area contributed by atoms with Crippen molar-refractivity contribution in [3.8, 4) is 9.88 Å². The van der Waals surface area contributed by atoms with Crippen LogP contribution in [0.3, 0.4) is 0 Å². The van der Waals surface area contributed by atoms with Crippen molar-refractivity contribution in [1.82, 2.24) is 9.55 Å². The molecule has 8 heteroatoms. The van der Waals surface area contributed by atoms with E-state index in [0.717, 1.165) is 14.4 Å². The maximum absolute atomic E-state index is 12.1. The third kappa shape index (κ3) is 2.83. The van der Waals surface area contributed by atoms with Crippen molar-refractivity contribution in [2.24, 2.45) is 12.0 Å². The first-order chi connectivity index (χ1) is 9.63. The van der Waals surface area contributed by atoms with E-state index in [1.54, 1.807) is 16.7 Å². The van der Waals surface area contributed by atoms with Crippen LogP contribution in [0.5, 0.6) is 0 Å². The van der Waals surface area contributed by atoms with Crippen molar-refractivity contribution in [3.05, 3.63) is 43.4 Å². The Balaban J connectivity index is 1.91. The molecule has 0 fully saturated rings. The van der Waals surface area contributed by atoms with Gasteiger partial charge in [0.05, 0.1) is 4.88 Å². The number of amides is 1. The Labute approximate surface area is 135 Å². The van der Waals surface area contributed by atoms with Gasteiger partial charge in [0.25, 0.3) is 5.91 Å². The lowest BCUT2D eigenvalue weighted by Gasteiger charge is -1.90. The molecule has 0 saturated heterocycles. The highest BCUT2D eigenvalue weighted by atomic mass is 79.9. The quantitative estimate of drug-likeness (QED) is 0.673. The van der Waals surface area contributed by atoms with E-state index in [1.807, 2.05) is 34.6 Å². The van der Waals surface area contributed by atoms with Crippen LogP contribution in [0, 0.1) is 0 Å². The van der Waals surface area contributed by atoms with Crippen molar-refractivity contribution in [2.45, 2.75) is 0 Å². The number of aromatic nitrogens is 2. The maximum Gasteiger partial charge on any atom is 0.299 e. The summed E-state index contributed by atoms with van der Waals surface area (Å²) < 4.78 is 2.84. The lowest BCUT2D eigenvalue weighted by molar-refractivity contribution is 0.0994. The topological polar surface area (TPSA) is 47.2 Å². The van der Waals surface area contributed by atoms with Gasteiger partial charge in [-0.1, -0.05) is 0 Å². The second-order valence-corrected chi connectivity index (χ2v) is 7.44. The van der Waals surface area contributed by atoms with Crippen LogP contribution >= 0.6 is 49.9 Å². The number of thiazole rings is 2. The molecule has 0 aliphatic rings. The van der Waals surface area contributed by atoms with Crippen LogP contribution in [0.2, 0.25) is 0 Å². The number of rotatable bonds is 2. The van der Waals surface area contributed by atoms with Gasteiger partial charge >= 0.3 is 0 Å². The van der Waals surface area contributed by atoms with Crippen LogP contribution in [0.25, 0.3) is 9.88 Å². The molecule has 1 amide bonds. The number of hydrogen-bond acceptors (Lipinski definition) is 5. The van der Waals surface area contributed by atoms with Gasteiger partial charge in [-0.2, -0.15) is 4.99 Å². The fourth-order valence-electron chi connectivity index (χ4n) is 1.49.